The number of ketones is 1. The molecule has 4 aromatic rings. The first-order valence-corrected chi connectivity index (χ1v) is 10.3. The second-order valence-corrected chi connectivity index (χ2v) is 7.61. The van der Waals surface area contributed by atoms with Crippen LogP contribution in [0.3, 0.4) is 0 Å². The van der Waals surface area contributed by atoms with Gasteiger partial charge in [0.25, 0.3) is 0 Å². The van der Waals surface area contributed by atoms with Gasteiger partial charge in [0.1, 0.15) is 0 Å². The lowest BCUT2D eigenvalue weighted by molar-refractivity contribution is -0.140. The fraction of sp³-hybridized carbons (Fsp3) is 0.192. The highest BCUT2D eigenvalue weighted by Gasteiger charge is 2.16. The van der Waals surface area contributed by atoms with E-state index in [1.54, 1.807) is 0 Å². The molecule has 0 N–H and O–H groups in total. The summed E-state index contributed by atoms with van der Waals surface area (Å²) in [7, 11) is 0. The number of hydrogen-bond donors (Lipinski definition) is 0. The van der Waals surface area contributed by atoms with Crippen molar-refractivity contribution in [2.45, 2.75) is 34.2 Å². The summed E-state index contributed by atoms with van der Waals surface area (Å²) in [6.45, 7) is 7.96. The lowest BCUT2D eigenvalue weighted by Gasteiger charge is -2.07. The number of rotatable bonds is 5. The molecule has 0 saturated carbocycles. The van der Waals surface area contributed by atoms with Crippen molar-refractivity contribution in [3.63, 3.8) is 0 Å². The molecule has 5 heteroatoms. The highest BCUT2D eigenvalue weighted by atomic mass is 16.7. The molecule has 31 heavy (non-hydrogen) atoms. The summed E-state index contributed by atoms with van der Waals surface area (Å²) >= 11 is 0. The maximum Gasteiger partial charge on any atom is 0.331 e. The quantitative estimate of drug-likeness (QED) is 0.184. The van der Waals surface area contributed by atoms with Crippen LogP contribution in [0.1, 0.15) is 47.8 Å². The van der Waals surface area contributed by atoms with Gasteiger partial charge in [-0.25, -0.2) is 4.79 Å². The Bertz CT molecular complexity index is 1360. The molecule has 156 valence electrons. The second kappa shape index (κ2) is 8.19. The summed E-state index contributed by atoms with van der Waals surface area (Å²) in [5, 5.41) is 6.04. The first kappa shape index (κ1) is 20.5. The summed E-state index contributed by atoms with van der Waals surface area (Å²) in [5.41, 5.74) is 5.97. The van der Waals surface area contributed by atoms with Gasteiger partial charge in [-0.1, -0.05) is 47.6 Å². The zero-order chi connectivity index (χ0) is 22.1. The van der Waals surface area contributed by atoms with E-state index in [-0.39, 0.29) is 5.78 Å². The Morgan fingerprint density at radius 2 is 1.65 bits per heavy atom. The molecule has 0 saturated heterocycles. The molecule has 0 amide bonds. The van der Waals surface area contributed by atoms with Gasteiger partial charge in [0, 0.05) is 46.4 Å². The van der Waals surface area contributed by atoms with E-state index < -0.39 is 5.97 Å². The molecule has 1 aromatic heterocycles. The number of carbonyl (C=O) groups is 2. The number of nitrogens with zero attached hydrogens (tertiary/aromatic N) is 2. The Balaban J connectivity index is 1.85. The third kappa shape index (κ3) is 3.75. The first-order valence-electron chi connectivity index (χ1n) is 10.3. The summed E-state index contributed by atoms with van der Waals surface area (Å²) in [4.78, 5) is 29.0. The largest absolute Gasteiger partial charge is 0.341 e. The minimum Gasteiger partial charge on any atom is -0.341 e. The molecule has 0 atom stereocenters. The molecule has 0 fully saturated rings. The van der Waals surface area contributed by atoms with Crippen LogP contribution in [-0.4, -0.2) is 22.0 Å². The molecule has 0 radical (unpaired) electrons. The van der Waals surface area contributed by atoms with Crippen LogP contribution in [-0.2, 0) is 16.2 Å². The van der Waals surface area contributed by atoms with E-state index in [2.05, 4.69) is 22.7 Å². The van der Waals surface area contributed by atoms with Crippen molar-refractivity contribution in [1.29, 1.82) is 0 Å². The van der Waals surface area contributed by atoms with Gasteiger partial charge in [-0.2, -0.15) is 0 Å². The van der Waals surface area contributed by atoms with Crippen LogP contribution in [0, 0.1) is 6.92 Å². The van der Waals surface area contributed by atoms with E-state index in [9.17, 15) is 9.59 Å². The Morgan fingerprint density at radius 1 is 0.903 bits per heavy atom. The number of hydrogen-bond acceptors (Lipinski definition) is 4. The number of aryl methyl sites for hydroxylation is 2. The van der Waals surface area contributed by atoms with E-state index >= 15 is 0 Å². The molecule has 0 spiro atoms. The van der Waals surface area contributed by atoms with Gasteiger partial charge in [-0.15, -0.1) is 0 Å². The Morgan fingerprint density at radius 3 is 2.35 bits per heavy atom. The summed E-state index contributed by atoms with van der Waals surface area (Å²) in [6, 6.07) is 19.6. The molecule has 5 nitrogen and oxygen atoms in total. The van der Waals surface area contributed by atoms with Crippen molar-refractivity contribution >= 4 is 39.3 Å². The highest BCUT2D eigenvalue weighted by Crippen LogP contribution is 2.31. The van der Waals surface area contributed by atoms with E-state index in [4.69, 9.17) is 4.84 Å². The Hall–Kier alpha value is -3.73. The third-order valence-electron chi connectivity index (χ3n) is 5.56. The molecule has 0 unspecified atom stereocenters. The normalized spacial score (nSPS) is 11.8. The SMILES string of the molecule is CCn1c2ccc(/C(C)=N\OC(C)=O)cc2c2ccc(C(=O)c3ccccc3C)cc21. The lowest BCUT2D eigenvalue weighted by atomic mass is 9.98. The van der Waals surface area contributed by atoms with Gasteiger partial charge in [-0.3, -0.25) is 4.79 Å². The summed E-state index contributed by atoms with van der Waals surface area (Å²) < 4.78 is 2.21. The van der Waals surface area contributed by atoms with Crippen LogP contribution in [0.5, 0.6) is 0 Å². The van der Waals surface area contributed by atoms with Crippen LogP contribution < -0.4 is 0 Å². The van der Waals surface area contributed by atoms with E-state index in [0.717, 1.165) is 45.0 Å². The predicted molar refractivity (Wildman–Crippen MR) is 124 cm³/mol. The predicted octanol–water partition coefficient (Wildman–Crippen LogP) is 5.64. The van der Waals surface area contributed by atoms with Crippen molar-refractivity contribution in [3.8, 4) is 0 Å². The molecule has 0 bridgehead atoms. The van der Waals surface area contributed by atoms with Gasteiger partial charge in [0.2, 0.25) is 0 Å². The van der Waals surface area contributed by atoms with Gasteiger partial charge in [-0.05, 0) is 50.1 Å². The fourth-order valence-electron chi connectivity index (χ4n) is 3.98. The standard InChI is InChI=1S/C26H24N2O3/c1-5-28-24-13-11-19(17(3)27-31-18(4)29)14-23(24)22-12-10-20(15-25(22)28)26(30)21-9-7-6-8-16(21)2/h6-15H,5H2,1-4H3/b27-17-. The molecular formula is C26H24N2O3. The van der Waals surface area contributed by atoms with Gasteiger partial charge in [0.15, 0.2) is 5.78 Å². The smallest absolute Gasteiger partial charge is 0.331 e. The average Bonchev–Trinajstić information content (AvgIpc) is 3.09. The monoisotopic (exact) mass is 412 g/mol. The zero-order valence-corrected chi connectivity index (χ0v) is 18.1. The number of fused-ring (bicyclic) bond motifs is 3. The molecule has 3 aromatic carbocycles. The topological polar surface area (TPSA) is 60.7 Å². The van der Waals surface area contributed by atoms with Crippen LogP contribution >= 0.6 is 0 Å². The average molecular weight is 412 g/mol. The van der Waals surface area contributed by atoms with Crippen molar-refractivity contribution in [3.05, 3.63) is 82.9 Å². The molecule has 0 aliphatic rings. The number of oxime groups is 1. The summed E-state index contributed by atoms with van der Waals surface area (Å²) in [6.07, 6.45) is 0. The van der Waals surface area contributed by atoms with Crippen LogP contribution in [0.25, 0.3) is 21.8 Å². The molecule has 0 aliphatic carbocycles. The Labute approximate surface area is 180 Å². The molecular weight excluding hydrogens is 388 g/mol. The van der Waals surface area contributed by atoms with Gasteiger partial charge in [0.05, 0.1) is 5.71 Å². The molecule has 0 aliphatic heterocycles. The Kier molecular flexibility index (Phi) is 5.42. The van der Waals surface area contributed by atoms with Crippen molar-refractivity contribution < 1.29 is 14.4 Å². The number of aromatic nitrogens is 1. The minimum absolute atomic E-state index is 0.0259. The number of carbonyl (C=O) groups excluding carboxylic acids is 2. The van der Waals surface area contributed by atoms with Crippen LogP contribution in [0.15, 0.2) is 65.8 Å². The van der Waals surface area contributed by atoms with Crippen LogP contribution in [0.4, 0.5) is 0 Å². The van der Waals surface area contributed by atoms with E-state index in [1.807, 2.05) is 68.4 Å². The highest BCUT2D eigenvalue weighted by molar-refractivity contribution is 6.15. The van der Waals surface area contributed by atoms with Gasteiger partial charge >= 0.3 is 5.97 Å². The number of benzene rings is 3. The van der Waals surface area contributed by atoms with E-state index in [1.165, 1.54) is 6.92 Å². The van der Waals surface area contributed by atoms with Crippen molar-refractivity contribution in [1.82, 2.24) is 4.57 Å². The first-order chi connectivity index (χ1) is 14.9. The lowest BCUT2D eigenvalue weighted by Crippen LogP contribution is -2.04. The molecule has 4 rings (SSSR count). The van der Waals surface area contributed by atoms with Crippen molar-refractivity contribution in [2.24, 2.45) is 5.16 Å². The zero-order valence-electron chi connectivity index (χ0n) is 18.1. The minimum atomic E-state index is -0.450. The maximum atomic E-state index is 13.1. The van der Waals surface area contributed by atoms with Gasteiger partial charge < -0.3 is 9.40 Å². The summed E-state index contributed by atoms with van der Waals surface area (Å²) in [5.74, 6) is -0.424. The van der Waals surface area contributed by atoms with Crippen LogP contribution in [0.2, 0.25) is 0 Å². The van der Waals surface area contributed by atoms with Crippen molar-refractivity contribution in [2.75, 3.05) is 0 Å². The second-order valence-electron chi connectivity index (χ2n) is 7.61. The van der Waals surface area contributed by atoms with E-state index in [0.29, 0.717) is 11.3 Å². The maximum absolute atomic E-state index is 13.1. The molecule has 1 heterocycles. The fourth-order valence-corrected chi connectivity index (χ4v) is 3.98. The third-order valence-corrected chi connectivity index (χ3v) is 5.56.